The van der Waals surface area contributed by atoms with Gasteiger partial charge in [-0.2, -0.15) is 13.2 Å². The molecule has 36 heavy (non-hydrogen) atoms. The number of halogens is 3. The van der Waals surface area contributed by atoms with E-state index in [-0.39, 0.29) is 28.7 Å². The summed E-state index contributed by atoms with van der Waals surface area (Å²) in [5.74, 6) is -0.419. The number of aromatic nitrogens is 2. The van der Waals surface area contributed by atoms with Gasteiger partial charge in [0.15, 0.2) is 18.1 Å². The van der Waals surface area contributed by atoms with Crippen LogP contribution in [0.2, 0.25) is 0 Å². The Morgan fingerprint density at radius 1 is 1.03 bits per heavy atom. The molecule has 0 radical (unpaired) electrons. The highest BCUT2D eigenvalue weighted by molar-refractivity contribution is 7.15. The molecule has 0 fully saturated rings. The van der Waals surface area contributed by atoms with Gasteiger partial charge in [-0.3, -0.25) is 14.9 Å². The Morgan fingerprint density at radius 2 is 1.78 bits per heavy atom. The lowest BCUT2D eigenvalue weighted by atomic mass is 10.1. The largest absolute Gasteiger partial charge is 0.493 e. The van der Waals surface area contributed by atoms with Crippen LogP contribution in [0.25, 0.3) is 0 Å². The molecule has 2 amide bonds. The summed E-state index contributed by atoms with van der Waals surface area (Å²) in [7, 11) is 1.37. The molecule has 1 aromatic heterocycles. The van der Waals surface area contributed by atoms with E-state index in [0.717, 1.165) is 30.0 Å². The van der Waals surface area contributed by atoms with Crippen LogP contribution in [0.5, 0.6) is 11.5 Å². The molecular formula is C24H25F3N4O4S. The number of methoxy groups -OCH3 is 1. The van der Waals surface area contributed by atoms with Crippen molar-refractivity contribution in [3.63, 3.8) is 0 Å². The Bertz CT molecular complexity index is 1210. The van der Waals surface area contributed by atoms with Crippen molar-refractivity contribution < 1.29 is 32.2 Å². The van der Waals surface area contributed by atoms with Crippen LogP contribution in [0.1, 0.15) is 53.5 Å². The third-order valence-electron chi connectivity index (χ3n) is 5.25. The van der Waals surface area contributed by atoms with Gasteiger partial charge in [0.1, 0.15) is 5.01 Å². The fourth-order valence-electron chi connectivity index (χ4n) is 3.30. The number of nitrogens with one attached hydrogen (secondary N) is 2. The number of ether oxygens (including phenoxy) is 2. The van der Waals surface area contributed by atoms with Crippen molar-refractivity contribution in [1.29, 1.82) is 0 Å². The highest BCUT2D eigenvalue weighted by Gasteiger charge is 2.30. The number of benzene rings is 2. The Balaban J connectivity index is 1.61. The fraction of sp³-hybridized carbons (Fsp3) is 0.333. The number of anilines is 2. The Hall–Kier alpha value is -3.67. The van der Waals surface area contributed by atoms with Crippen LogP contribution < -0.4 is 20.1 Å². The monoisotopic (exact) mass is 522 g/mol. The number of alkyl halides is 3. The van der Waals surface area contributed by atoms with Gasteiger partial charge in [0.2, 0.25) is 5.13 Å². The van der Waals surface area contributed by atoms with E-state index >= 15 is 0 Å². The van der Waals surface area contributed by atoms with Crippen LogP contribution in [0, 0.1) is 0 Å². The predicted molar refractivity (Wildman–Crippen MR) is 130 cm³/mol. The number of hydrogen-bond acceptors (Lipinski definition) is 7. The van der Waals surface area contributed by atoms with Crippen molar-refractivity contribution in [2.45, 2.75) is 38.8 Å². The summed E-state index contributed by atoms with van der Waals surface area (Å²) >= 11 is 1.32. The quantitative estimate of drug-likeness (QED) is 0.352. The zero-order valence-electron chi connectivity index (χ0n) is 19.8. The first-order valence-electron chi connectivity index (χ1n) is 11.1. The smallest absolute Gasteiger partial charge is 0.416 e. The molecule has 8 nitrogen and oxygen atoms in total. The summed E-state index contributed by atoms with van der Waals surface area (Å²) in [6, 6.07) is 8.66. The van der Waals surface area contributed by atoms with E-state index in [1.165, 1.54) is 48.8 Å². The lowest BCUT2D eigenvalue weighted by Gasteiger charge is -2.13. The standard InChI is InChI=1S/C24H25F3N4O4S/c1-4-14(5-2)22-30-31-23(36-22)29-21(33)15-9-10-18(19(11-15)34-3)35-13-20(32)28-17-8-6-7-16(12-17)24(25,26)27/h6-12,14H,4-5,13H2,1-3H3,(H,28,32)(H,29,31,33). The summed E-state index contributed by atoms with van der Waals surface area (Å²) in [5, 5.41) is 14.5. The molecule has 0 unspecified atom stereocenters. The van der Waals surface area contributed by atoms with Crippen molar-refractivity contribution in [1.82, 2.24) is 10.2 Å². The lowest BCUT2D eigenvalue weighted by Crippen LogP contribution is -2.20. The Labute approximate surface area is 209 Å². The molecule has 0 spiro atoms. The molecule has 192 valence electrons. The number of carbonyl (C=O) groups is 2. The van der Waals surface area contributed by atoms with E-state index in [9.17, 15) is 22.8 Å². The molecule has 0 saturated heterocycles. The first-order chi connectivity index (χ1) is 17.1. The van der Waals surface area contributed by atoms with Gasteiger partial charge in [-0.15, -0.1) is 10.2 Å². The normalized spacial score (nSPS) is 11.3. The van der Waals surface area contributed by atoms with Crippen LogP contribution in [0.15, 0.2) is 42.5 Å². The maximum absolute atomic E-state index is 12.8. The molecule has 0 atom stereocenters. The second-order valence-corrected chi connectivity index (χ2v) is 8.70. The van der Waals surface area contributed by atoms with E-state index in [2.05, 4.69) is 34.7 Å². The number of carbonyl (C=O) groups excluding carboxylic acids is 2. The zero-order chi connectivity index (χ0) is 26.3. The number of amides is 2. The maximum Gasteiger partial charge on any atom is 0.416 e. The van der Waals surface area contributed by atoms with Crippen LogP contribution in [0.3, 0.4) is 0 Å². The minimum absolute atomic E-state index is 0.0126. The van der Waals surface area contributed by atoms with Gasteiger partial charge in [0.05, 0.1) is 12.7 Å². The summed E-state index contributed by atoms with van der Waals surface area (Å²) in [5.41, 5.74) is -0.620. The molecule has 2 aromatic carbocycles. The molecule has 0 aliphatic rings. The second-order valence-electron chi connectivity index (χ2n) is 7.69. The van der Waals surface area contributed by atoms with Gasteiger partial charge in [-0.25, -0.2) is 0 Å². The van der Waals surface area contributed by atoms with Crippen molar-refractivity contribution in [3.8, 4) is 11.5 Å². The van der Waals surface area contributed by atoms with Gasteiger partial charge in [-0.05, 0) is 49.2 Å². The average molecular weight is 523 g/mol. The van der Waals surface area contributed by atoms with E-state index in [1.807, 2.05) is 0 Å². The van der Waals surface area contributed by atoms with Crippen molar-refractivity contribution in [2.75, 3.05) is 24.4 Å². The summed E-state index contributed by atoms with van der Waals surface area (Å²) in [6.07, 6.45) is -2.67. The summed E-state index contributed by atoms with van der Waals surface area (Å²) in [4.78, 5) is 24.9. The van der Waals surface area contributed by atoms with Gasteiger partial charge < -0.3 is 14.8 Å². The minimum atomic E-state index is -4.52. The van der Waals surface area contributed by atoms with E-state index in [0.29, 0.717) is 5.13 Å². The summed E-state index contributed by atoms with van der Waals surface area (Å²) in [6.45, 7) is 3.65. The Morgan fingerprint density at radius 3 is 2.44 bits per heavy atom. The van der Waals surface area contributed by atoms with Gasteiger partial charge in [0, 0.05) is 17.2 Å². The van der Waals surface area contributed by atoms with Crippen molar-refractivity contribution >= 4 is 34.0 Å². The molecule has 1 heterocycles. The van der Waals surface area contributed by atoms with Crippen LogP contribution >= 0.6 is 11.3 Å². The third kappa shape index (κ3) is 6.94. The highest BCUT2D eigenvalue weighted by Crippen LogP contribution is 2.32. The van der Waals surface area contributed by atoms with Crippen LogP contribution in [-0.2, 0) is 11.0 Å². The van der Waals surface area contributed by atoms with E-state index in [1.54, 1.807) is 0 Å². The molecule has 3 rings (SSSR count). The van der Waals surface area contributed by atoms with E-state index in [4.69, 9.17) is 9.47 Å². The lowest BCUT2D eigenvalue weighted by molar-refractivity contribution is -0.137. The van der Waals surface area contributed by atoms with Crippen LogP contribution in [0.4, 0.5) is 24.0 Å². The first-order valence-corrected chi connectivity index (χ1v) is 11.9. The SMILES string of the molecule is CCC(CC)c1nnc(NC(=O)c2ccc(OCC(=O)Nc3cccc(C(F)(F)F)c3)c(OC)c2)s1. The minimum Gasteiger partial charge on any atom is -0.493 e. The molecule has 2 N–H and O–H groups in total. The highest BCUT2D eigenvalue weighted by atomic mass is 32.1. The number of nitrogens with zero attached hydrogens (tertiary/aromatic N) is 2. The third-order valence-corrected chi connectivity index (χ3v) is 6.26. The topological polar surface area (TPSA) is 102 Å². The second kappa shape index (κ2) is 11.8. The fourth-order valence-corrected chi connectivity index (χ4v) is 4.30. The number of rotatable bonds is 10. The average Bonchev–Trinajstić information content (AvgIpc) is 3.31. The molecule has 0 aliphatic heterocycles. The molecule has 0 saturated carbocycles. The predicted octanol–water partition coefficient (Wildman–Crippen LogP) is 5.74. The number of hydrogen-bond donors (Lipinski definition) is 2. The molecule has 0 aliphatic carbocycles. The van der Waals surface area contributed by atoms with Crippen LogP contribution in [-0.4, -0.2) is 35.7 Å². The Kier molecular flexibility index (Phi) is 8.86. The summed E-state index contributed by atoms with van der Waals surface area (Å²) < 4.78 is 49.3. The zero-order valence-corrected chi connectivity index (χ0v) is 20.6. The molecule has 0 bridgehead atoms. The molecule has 3 aromatic rings. The molecule has 12 heteroatoms. The maximum atomic E-state index is 12.8. The van der Waals surface area contributed by atoms with Gasteiger partial charge in [-0.1, -0.05) is 31.3 Å². The molecular weight excluding hydrogens is 497 g/mol. The first kappa shape index (κ1) is 26.9. The van der Waals surface area contributed by atoms with Gasteiger partial charge >= 0.3 is 6.18 Å². The van der Waals surface area contributed by atoms with E-state index < -0.39 is 30.2 Å². The van der Waals surface area contributed by atoms with Crippen molar-refractivity contribution in [3.05, 3.63) is 58.6 Å². The van der Waals surface area contributed by atoms with Gasteiger partial charge in [0.25, 0.3) is 11.8 Å². The van der Waals surface area contributed by atoms with Crippen molar-refractivity contribution in [2.24, 2.45) is 0 Å².